The van der Waals surface area contributed by atoms with E-state index in [9.17, 15) is 9.59 Å². The number of hydrogen-bond donors (Lipinski definition) is 3. The monoisotopic (exact) mass is 577 g/mol. The second-order valence-electron chi connectivity index (χ2n) is 11.4. The molecule has 6 rings (SSSR count). The molecule has 2 aliphatic rings. The van der Waals surface area contributed by atoms with E-state index in [1.54, 1.807) is 0 Å². The van der Waals surface area contributed by atoms with Gasteiger partial charge < -0.3 is 25.8 Å². The third-order valence-corrected chi connectivity index (χ3v) is 8.18. The number of benzene rings is 3. The first-order chi connectivity index (χ1) is 21.1. The van der Waals surface area contributed by atoms with E-state index in [0.29, 0.717) is 30.2 Å². The summed E-state index contributed by atoms with van der Waals surface area (Å²) in [7, 11) is 0. The number of hydrogen-bond acceptors (Lipinski definition) is 7. The van der Waals surface area contributed by atoms with E-state index in [4.69, 9.17) is 9.97 Å². The van der Waals surface area contributed by atoms with Gasteiger partial charge in [-0.1, -0.05) is 24.3 Å². The minimum absolute atomic E-state index is 0.0123. The fraction of sp³-hybridized carbons (Fsp3) is 0.353. The Kier molecular flexibility index (Phi) is 9.20. The number of aromatic nitrogens is 2. The van der Waals surface area contributed by atoms with Crippen LogP contribution in [0.15, 0.2) is 72.8 Å². The molecule has 43 heavy (non-hydrogen) atoms. The molecule has 2 fully saturated rings. The number of amides is 2. The quantitative estimate of drug-likeness (QED) is 0.204. The SMILES string of the molecule is O=C(CCN1CCCC1)Nc1ccc(Nc2nc(-c3ccccc3NC(=O)CCN3CCCC3)nc3ccccc23)cc1. The van der Waals surface area contributed by atoms with Crippen molar-refractivity contribution in [3.63, 3.8) is 0 Å². The van der Waals surface area contributed by atoms with E-state index in [1.165, 1.54) is 25.7 Å². The highest BCUT2D eigenvalue weighted by atomic mass is 16.2. The summed E-state index contributed by atoms with van der Waals surface area (Å²) < 4.78 is 0. The molecule has 0 bridgehead atoms. The molecule has 9 heteroatoms. The van der Waals surface area contributed by atoms with E-state index < -0.39 is 0 Å². The van der Waals surface area contributed by atoms with E-state index in [-0.39, 0.29) is 11.8 Å². The highest BCUT2D eigenvalue weighted by Crippen LogP contribution is 2.31. The van der Waals surface area contributed by atoms with Crippen LogP contribution >= 0.6 is 0 Å². The van der Waals surface area contributed by atoms with E-state index >= 15 is 0 Å². The molecule has 0 aliphatic carbocycles. The number of anilines is 4. The van der Waals surface area contributed by atoms with Gasteiger partial charge in [-0.3, -0.25) is 9.59 Å². The van der Waals surface area contributed by atoms with E-state index in [0.717, 1.165) is 67.1 Å². The Morgan fingerprint density at radius 2 is 1.23 bits per heavy atom. The smallest absolute Gasteiger partial charge is 0.225 e. The minimum atomic E-state index is -0.0123. The summed E-state index contributed by atoms with van der Waals surface area (Å²) in [5.41, 5.74) is 3.86. The number of nitrogens with one attached hydrogen (secondary N) is 3. The number of fused-ring (bicyclic) bond motifs is 1. The predicted octanol–water partition coefficient (Wildman–Crippen LogP) is 5.89. The van der Waals surface area contributed by atoms with Crippen LogP contribution < -0.4 is 16.0 Å². The number of carbonyl (C=O) groups excluding carboxylic acids is 2. The molecule has 0 radical (unpaired) electrons. The molecule has 0 atom stereocenters. The van der Waals surface area contributed by atoms with Crippen molar-refractivity contribution in [2.45, 2.75) is 38.5 Å². The maximum Gasteiger partial charge on any atom is 0.225 e. The Morgan fingerprint density at radius 3 is 1.93 bits per heavy atom. The zero-order valence-corrected chi connectivity index (χ0v) is 24.5. The van der Waals surface area contributed by atoms with Crippen LogP contribution in [0.1, 0.15) is 38.5 Å². The topological polar surface area (TPSA) is 102 Å². The first-order valence-corrected chi connectivity index (χ1v) is 15.4. The maximum absolute atomic E-state index is 12.8. The molecule has 1 aromatic heterocycles. The van der Waals surface area contributed by atoms with Crippen molar-refractivity contribution in [2.24, 2.45) is 0 Å². The number of likely N-dealkylation sites (tertiary alicyclic amines) is 2. The zero-order chi connectivity index (χ0) is 29.4. The lowest BCUT2D eigenvalue weighted by molar-refractivity contribution is -0.117. The van der Waals surface area contributed by atoms with Crippen LogP contribution in [0.25, 0.3) is 22.3 Å². The van der Waals surface area contributed by atoms with Gasteiger partial charge in [-0.15, -0.1) is 0 Å². The van der Waals surface area contributed by atoms with Crippen molar-refractivity contribution >= 4 is 45.6 Å². The largest absolute Gasteiger partial charge is 0.340 e. The van der Waals surface area contributed by atoms with Gasteiger partial charge in [0.25, 0.3) is 0 Å². The highest BCUT2D eigenvalue weighted by molar-refractivity contribution is 5.97. The van der Waals surface area contributed by atoms with Gasteiger partial charge >= 0.3 is 0 Å². The van der Waals surface area contributed by atoms with Gasteiger partial charge in [-0.05, 0) is 100 Å². The number of rotatable bonds is 11. The molecule has 3 N–H and O–H groups in total. The Hall–Kier alpha value is -4.34. The van der Waals surface area contributed by atoms with E-state index in [2.05, 4.69) is 25.8 Å². The van der Waals surface area contributed by atoms with Gasteiger partial charge in [-0.25, -0.2) is 9.97 Å². The van der Waals surface area contributed by atoms with Gasteiger partial charge in [0.05, 0.1) is 11.2 Å². The van der Waals surface area contributed by atoms with Gasteiger partial charge in [0.15, 0.2) is 5.82 Å². The second kappa shape index (κ2) is 13.8. The molecular formula is C34H39N7O2. The maximum atomic E-state index is 12.8. The summed E-state index contributed by atoms with van der Waals surface area (Å²) in [6.07, 6.45) is 5.81. The standard InChI is InChI=1S/C34H39N7O2/c42-31(17-23-40-19-5-6-20-40)35-25-13-15-26(16-14-25)36-33-28-10-2-4-12-30(28)38-34(39-33)27-9-1-3-11-29(27)37-32(43)18-24-41-21-7-8-22-41/h1-4,9-16H,5-8,17-24H2,(H,35,42)(H,37,43)(H,36,38,39). The lowest BCUT2D eigenvalue weighted by Crippen LogP contribution is -2.25. The molecule has 2 amide bonds. The van der Waals surface area contributed by atoms with Crippen LogP contribution in [0.3, 0.4) is 0 Å². The highest BCUT2D eigenvalue weighted by Gasteiger charge is 2.17. The summed E-state index contributed by atoms with van der Waals surface area (Å²) in [6.45, 7) is 5.90. The van der Waals surface area contributed by atoms with Crippen LogP contribution in [0.2, 0.25) is 0 Å². The van der Waals surface area contributed by atoms with Crippen molar-refractivity contribution in [1.82, 2.24) is 19.8 Å². The first kappa shape index (κ1) is 28.8. The van der Waals surface area contributed by atoms with E-state index in [1.807, 2.05) is 72.8 Å². The summed E-state index contributed by atoms with van der Waals surface area (Å²) >= 11 is 0. The average molecular weight is 578 g/mol. The van der Waals surface area contributed by atoms with Crippen molar-refractivity contribution in [3.8, 4) is 11.4 Å². The van der Waals surface area contributed by atoms with Crippen LogP contribution in [-0.4, -0.2) is 70.9 Å². The summed E-state index contributed by atoms with van der Waals surface area (Å²) in [4.78, 5) is 39.8. The van der Waals surface area contributed by atoms with Gasteiger partial charge in [0.1, 0.15) is 5.82 Å². The molecule has 3 aromatic carbocycles. The Morgan fingerprint density at radius 1 is 0.651 bits per heavy atom. The van der Waals surface area contributed by atoms with Gasteiger partial charge in [-0.2, -0.15) is 0 Å². The van der Waals surface area contributed by atoms with Crippen molar-refractivity contribution in [2.75, 3.05) is 55.2 Å². The second-order valence-corrected chi connectivity index (χ2v) is 11.4. The van der Waals surface area contributed by atoms with Crippen LogP contribution in [-0.2, 0) is 9.59 Å². The van der Waals surface area contributed by atoms with Crippen molar-refractivity contribution in [3.05, 3.63) is 72.8 Å². The zero-order valence-electron chi connectivity index (χ0n) is 24.5. The fourth-order valence-corrected chi connectivity index (χ4v) is 5.82. The minimum Gasteiger partial charge on any atom is -0.340 e. The van der Waals surface area contributed by atoms with Crippen LogP contribution in [0.4, 0.5) is 22.9 Å². The molecule has 222 valence electrons. The molecule has 2 saturated heterocycles. The third kappa shape index (κ3) is 7.55. The molecular weight excluding hydrogens is 538 g/mol. The molecule has 4 aromatic rings. The lowest BCUT2D eigenvalue weighted by atomic mass is 10.1. The first-order valence-electron chi connectivity index (χ1n) is 15.4. The number of carbonyl (C=O) groups is 2. The molecule has 0 unspecified atom stereocenters. The number of para-hydroxylation sites is 2. The Labute approximate surface area is 252 Å². The van der Waals surface area contributed by atoms with Gasteiger partial charge in [0.2, 0.25) is 11.8 Å². The van der Waals surface area contributed by atoms with Crippen molar-refractivity contribution in [1.29, 1.82) is 0 Å². The predicted molar refractivity (Wildman–Crippen MR) is 173 cm³/mol. The molecule has 0 spiro atoms. The summed E-state index contributed by atoms with van der Waals surface area (Å²) in [5, 5.41) is 10.4. The van der Waals surface area contributed by atoms with Crippen molar-refractivity contribution < 1.29 is 9.59 Å². The lowest BCUT2D eigenvalue weighted by Gasteiger charge is -2.16. The summed E-state index contributed by atoms with van der Waals surface area (Å²) in [6, 6.07) is 23.2. The summed E-state index contributed by atoms with van der Waals surface area (Å²) in [5.74, 6) is 1.21. The average Bonchev–Trinajstić information content (AvgIpc) is 3.75. The van der Waals surface area contributed by atoms with Crippen LogP contribution in [0, 0.1) is 0 Å². The van der Waals surface area contributed by atoms with Gasteiger partial charge in [0, 0.05) is 48.3 Å². The molecule has 2 aliphatic heterocycles. The Balaban J connectivity index is 1.17. The fourth-order valence-electron chi connectivity index (χ4n) is 5.82. The molecule has 3 heterocycles. The van der Waals surface area contributed by atoms with Crippen LogP contribution in [0.5, 0.6) is 0 Å². The molecule has 0 saturated carbocycles. The normalized spacial score (nSPS) is 15.5. The molecule has 9 nitrogen and oxygen atoms in total. The number of nitrogens with zero attached hydrogens (tertiary/aromatic N) is 4. The third-order valence-electron chi connectivity index (χ3n) is 8.18. The Bertz CT molecular complexity index is 1560.